The van der Waals surface area contributed by atoms with Crippen molar-refractivity contribution in [3.8, 4) is 0 Å². The third-order valence-electron chi connectivity index (χ3n) is 2.50. The van der Waals surface area contributed by atoms with E-state index in [9.17, 15) is 0 Å². The van der Waals surface area contributed by atoms with E-state index in [1.54, 1.807) is 6.20 Å². The maximum Gasteiger partial charge on any atom is 0.131 e. The van der Waals surface area contributed by atoms with Crippen LogP contribution in [0.5, 0.6) is 0 Å². The first kappa shape index (κ1) is 8.35. The Labute approximate surface area is 78.6 Å². The molecule has 1 aromatic heterocycles. The predicted octanol–water partition coefficient (Wildman–Crippen LogP) is 1.57. The van der Waals surface area contributed by atoms with E-state index in [0.29, 0.717) is 6.04 Å². The fourth-order valence-corrected chi connectivity index (χ4v) is 1.59. The van der Waals surface area contributed by atoms with E-state index >= 15 is 0 Å². The van der Waals surface area contributed by atoms with E-state index in [2.05, 4.69) is 23.9 Å². The molecule has 70 valence electrons. The first-order valence-corrected chi connectivity index (χ1v) is 4.63. The molecule has 1 fully saturated rings. The average molecular weight is 177 g/mol. The van der Waals surface area contributed by atoms with Crippen LogP contribution in [0.2, 0.25) is 0 Å². The molecular weight excluding hydrogens is 162 g/mol. The molecule has 0 aliphatic heterocycles. The summed E-state index contributed by atoms with van der Waals surface area (Å²) in [5, 5.41) is 0. The summed E-state index contributed by atoms with van der Waals surface area (Å²) < 4.78 is 0. The van der Waals surface area contributed by atoms with Crippen molar-refractivity contribution >= 4 is 11.5 Å². The molecule has 0 radical (unpaired) electrons. The Bertz CT molecular complexity index is 318. The lowest BCUT2D eigenvalue weighted by Crippen LogP contribution is -2.21. The van der Waals surface area contributed by atoms with Crippen molar-refractivity contribution in [1.29, 1.82) is 0 Å². The number of nitrogens with zero attached hydrogens (tertiary/aromatic N) is 2. The second kappa shape index (κ2) is 2.91. The van der Waals surface area contributed by atoms with Crippen LogP contribution in [-0.2, 0) is 0 Å². The molecule has 3 heteroatoms. The minimum absolute atomic E-state index is 0.704. The van der Waals surface area contributed by atoms with Crippen LogP contribution in [0.15, 0.2) is 12.3 Å². The standard InChI is InChI=1S/C10H15N3/c1-7-5-8(11)6-12-10(7)13(2)9-3-4-9/h5-6,9H,3-4,11H2,1-2H3. The molecule has 1 saturated carbocycles. The molecule has 3 nitrogen and oxygen atoms in total. The predicted molar refractivity (Wildman–Crippen MR) is 54.8 cm³/mol. The van der Waals surface area contributed by atoms with Gasteiger partial charge < -0.3 is 10.6 Å². The number of nitrogen functional groups attached to an aromatic ring is 1. The van der Waals surface area contributed by atoms with Gasteiger partial charge in [0.25, 0.3) is 0 Å². The Kier molecular flexibility index (Phi) is 1.87. The van der Waals surface area contributed by atoms with Gasteiger partial charge in [-0.1, -0.05) is 0 Å². The lowest BCUT2D eigenvalue weighted by atomic mass is 10.2. The summed E-state index contributed by atoms with van der Waals surface area (Å²) in [6, 6.07) is 2.68. The van der Waals surface area contributed by atoms with Gasteiger partial charge in [0.15, 0.2) is 0 Å². The van der Waals surface area contributed by atoms with Crippen molar-refractivity contribution in [3.05, 3.63) is 17.8 Å². The van der Waals surface area contributed by atoms with Gasteiger partial charge in [0.1, 0.15) is 5.82 Å². The monoisotopic (exact) mass is 177 g/mol. The number of hydrogen-bond acceptors (Lipinski definition) is 3. The third-order valence-corrected chi connectivity index (χ3v) is 2.50. The Balaban J connectivity index is 2.28. The fraction of sp³-hybridized carbons (Fsp3) is 0.500. The van der Waals surface area contributed by atoms with Crippen molar-refractivity contribution in [2.24, 2.45) is 0 Å². The highest BCUT2D eigenvalue weighted by Gasteiger charge is 2.27. The van der Waals surface area contributed by atoms with E-state index in [1.807, 2.05) is 6.07 Å². The summed E-state index contributed by atoms with van der Waals surface area (Å²) in [7, 11) is 2.10. The SMILES string of the molecule is Cc1cc(N)cnc1N(C)C1CC1. The smallest absolute Gasteiger partial charge is 0.131 e. The first-order valence-electron chi connectivity index (χ1n) is 4.63. The van der Waals surface area contributed by atoms with Crippen LogP contribution in [0.3, 0.4) is 0 Å². The topological polar surface area (TPSA) is 42.1 Å². The van der Waals surface area contributed by atoms with Gasteiger partial charge in [-0.2, -0.15) is 0 Å². The zero-order valence-electron chi connectivity index (χ0n) is 8.12. The summed E-state index contributed by atoms with van der Waals surface area (Å²) in [5.41, 5.74) is 7.54. The molecule has 1 heterocycles. The third kappa shape index (κ3) is 1.59. The van der Waals surface area contributed by atoms with Gasteiger partial charge in [0.05, 0.1) is 11.9 Å². The molecule has 0 aromatic carbocycles. The van der Waals surface area contributed by atoms with Crippen LogP contribution in [0.25, 0.3) is 0 Å². The lowest BCUT2D eigenvalue weighted by Gasteiger charge is -2.19. The summed E-state index contributed by atoms with van der Waals surface area (Å²) in [6.07, 6.45) is 4.31. The quantitative estimate of drug-likeness (QED) is 0.745. The number of aromatic nitrogens is 1. The van der Waals surface area contributed by atoms with E-state index in [1.165, 1.54) is 12.8 Å². The molecule has 0 unspecified atom stereocenters. The summed E-state index contributed by atoms with van der Waals surface area (Å²) >= 11 is 0. The zero-order valence-corrected chi connectivity index (χ0v) is 8.12. The zero-order chi connectivity index (χ0) is 9.42. The average Bonchev–Trinajstić information content (AvgIpc) is 2.85. The van der Waals surface area contributed by atoms with Gasteiger partial charge in [0.2, 0.25) is 0 Å². The van der Waals surface area contributed by atoms with Gasteiger partial charge in [-0.05, 0) is 31.4 Å². The molecule has 2 N–H and O–H groups in total. The normalized spacial score (nSPS) is 15.8. The van der Waals surface area contributed by atoms with Gasteiger partial charge in [-0.3, -0.25) is 0 Å². The maximum atomic E-state index is 5.64. The van der Waals surface area contributed by atoms with Crippen molar-refractivity contribution in [3.63, 3.8) is 0 Å². The van der Waals surface area contributed by atoms with Gasteiger partial charge >= 0.3 is 0 Å². The van der Waals surface area contributed by atoms with Gasteiger partial charge in [0, 0.05) is 13.1 Å². The number of rotatable bonds is 2. The van der Waals surface area contributed by atoms with Crippen LogP contribution in [0.4, 0.5) is 11.5 Å². The first-order chi connectivity index (χ1) is 6.18. The number of aryl methyl sites for hydroxylation is 1. The van der Waals surface area contributed by atoms with Crippen molar-refractivity contribution in [1.82, 2.24) is 4.98 Å². The van der Waals surface area contributed by atoms with Crippen LogP contribution in [-0.4, -0.2) is 18.1 Å². The Morgan fingerprint density at radius 1 is 1.54 bits per heavy atom. The fourth-order valence-electron chi connectivity index (χ4n) is 1.59. The maximum absolute atomic E-state index is 5.64. The minimum atomic E-state index is 0.704. The van der Waals surface area contributed by atoms with Crippen molar-refractivity contribution in [2.75, 3.05) is 17.7 Å². The molecule has 0 spiro atoms. The summed E-state index contributed by atoms with van der Waals surface area (Å²) in [6.45, 7) is 2.05. The molecule has 1 aliphatic carbocycles. The molecule has 0 amide bonds. The Hall–Kier alpha value is -1.25. The van der Waals surface area contributed by atoms with Crippen molar-refractivity contribution in [2.45, 2.75) is 25.8 Å². The van der Waals surface area contributed by atoms with Gasteiger partial charge in [-0.25, -0.2) is 4.98 Å². The number of nitrogens with two attached hydrogens (primary N) is 1. The van der Waals surface area contributed by atoms with Gasteiger partial charge in [-0.15, -0.1) is 0 Å². The summed E-state index contributed by atoms with van der Waals surface area (Å²) in [4.78, 5) is 6.58. The lowest BCUT2D eigenvalue weighted by molar-refractivity contribution is 0.885. The highest BCUT2D eigenvalue weighted by Crippen LogP contribution is 2.30. The van der Waals surface area contributed by atoms with E-state index in [4.69, 9.17) is 5.73 Å². The van der Waals surface area contributed by atoms with Crippen LogP contribution in [0.1, 0.15) is 18.4 Å². The second-order valence-corrected chi connectivity index (χ2v) is 3.75. The molecule has 0 saturated heterocycles. The Morgan fingerprint density at radius 3 is 2.77 bits per heavy atom. The molecule has 0 atom stereocenters. The molecule has 13 heavy (non-hydrogen) atoms. The number of hydrogen-bond donors (Lipinski definition) is 1. The van der Waals surface area contributed by atoms with Crippen LogP contribution >= 0.6 is 0 Å². The largest absolute Gasteiger partial charge is 0.397 e. The van der Waals surface area contributed by atoms with Crippen molar-refractivity contribution < 1.29 is 0 Å². The molecule has 1 aliphatic rings. The molecule has 1 aromatic rings. The second-order valence-electron chi connectivity index (χ2n) is 3.75. The molecule has 0 bridgehead atoms. The van der Waals surface area contributed by atoms with Crippen LogP contribution < -0.4 is 10.6 Å². The minimum Gasteiger partial charge on any atom is -0.397 e. The van der Waals surface area contributed by atoms with E-state index in [0.717, 1.165) is 17.1 Å². The Morgan fingerprint density at radius 2 is 2.23 bits per heavy atom. The van der Waals surface area contributed by atoms with Crippen LogP contribution in [0, 0.1) is 6.92 Å². The molecule has 2 rings (SSSR count). The highest BCUT2D eigenvalue weighted by molar-refractivity contribution is 5.53. The highest BCUT2D eigenvalue weighted by atomic mass is 15.2. The molecular formula is C10H15N3. The van der Waals surface area contributed by atoms with E-state index < -0.39 is 0 Å². The number of anilines is 2. The van der Waals surface area contributed by atoms with E-state index in [-0.39, 0.29) is 0 Å². The summed E-state index contributed by atoms with van der Waals surface area (Å²) in [5.74, 6) is 1.07. The number of pyridine rings is 1.